The number of nitrogens with one attached hydrogen (secondary N) is 1. The van der Waals surface area contributed by atoms with E-state index in [1.807, 2.05) is 22.6 Å². The Morgan fingerprint density at radius 2 is 1.91 bits per heavy atom. The highest BCUT2D eigenvalue weighted by Crippen LogP contribution is 2.38. The van der Waals surface area contributed by atoms with E-state index in [1.54, 1.807) is 36.4 Å². The van der Waals surface area contributed by atoms with Gasteiger partial charge in [-0.2, -0.15) is 0 Å². The number of para-hydroxylation sites is 2. The van der Waals surface area contributed by atoms with Crippen molar-refractivity contribution < 1.29 is 14.6 Å². The number of aromatic nitrogens is 1. The zero-order chi connectivity index (χ0) is 16.6. The van der Waals surface area contributed by atoms with Crippen LogP contribution in [0.1, 0.15) is 0 Å². The molecule has 2 N–H and O–H groups in total. The summed E-state index contributed by atoms with van der Waals surface area (Å²) in [6, 6.07) is 10.1. The number of ether oxygens (including phenoxy) is 2. The average Bonchev–Trinajstić information content (AvgIpc) is 2.54. The minimum Gasteiger partial charge on any atom is -0.504 e. The van der Waals surface area contributed by atoms with Gasteiger partial charge in [-0.05, 0) is 46.9 Å². The number of halogens is 2. The molecular formula is C16H11ClINO4. The summed E-state index contributed by atoms with van der Waals surface area (Å²) in [7, 11) is 1.50. The second-order valence-electron chi connectivity index (χ2n) is 4.70. The normalized spacial score (nSPS) is 10.7. The van der Waals surface area contributed by atoms with Gasteiger partial charge in [0.1, 0.15) is 0 Å². The Hall–Kier alpha value is -1.93. The van der Waals surface area contributed by atoms with Crippen LogP contribution in [0.3, 0.4) is 0 Å². The molecule has 0 fully saturated rings. The lowest BCUT2D eigenvalue weighted by Crippen LogP contribution is -2.09. The van der Waals surface area contributed by atoms with Gasteiger partial charge in [0.15, 0.2) is 17.2 Å². The predicted molar refractivity (Wildman–Crippen MR) is 97.0 cm³/mol. The molecule has 7 heteroatoms. The van der Waals surface area contributed by atoms with Gasteiger partial charge in [-0.3, -0.25) is 4.79 Å². The van der Waals surface area contributed by atoms with Gasteiger partial charge in [-0.25, -0.2) is 0 Å². The molecule has 0 aliphatic heterocycles. The summed E-state index contributed by atoms with van der Waals surface area (Å²) in [5.74, 6) is 0.347. The smallest absolute Gasteiger partial charge is 0.295 e. The molecule has 0 atom stereocenters. The Morgan fingerprint density at radius 3 is 2.61 bits per heavy atom. The maximum atomic E-state index is 12.2. The molecule has 23 heavy (non-hydrogen) atoms. The molecule has 0 aliphatic carbocycles. The van der Waals surface area contributed by atoms with Gasteiger partial charge in [0.2, 0.25) is 5.75 Å². The van der Waals surface area contributed by atoms with Gasteiger partial charge in [-0.1, -0.05) is 23.7 Å². The summed E-state index contributed by atoms with van der Waals surface area (Å²) in [6.45, 7) is 0. The first-order valence-corrected chi connectivity index (χ1v) is 8.02. The van der Waals surface area contributed by atoms with Crippen LogP contribution in [0.15, 0.2) is 41.2 Å². The maximum absolute atomic E-state index is 12.2. The lowest BCUT2D eigenvalue weighted by atomic mass is 10.2. The molecule has 0 amide bonds. The second kappa shape index (κ2) is 6.29. The fraction of sp³-hybridized carbons (Fsp3) is 0.0625. The van der Waals surface area contributed by atoms with Crippen LogP contribution < -0.4 is 15.0 Å². The van der Waals surface area contributed by atoms with Crippen LogP contribution in [0.5, 0.6) is 23.0 Å². The molecule has 118 valence electrons. The molecule has 3 rings (SSSR count). The van der Waals surface area contributed by atoms with Crippen molar-refractivity contribution in [1.82, 2.24) is 4.98 Å². The van der Waals surface area contributed by atoms with Crippen LogP contribution in [0.4, 0.5) is 0 Å². The van der Waals surface area contributed by atoms with Crippen molar-refractivity contribution in [3.05, 3.63) is 55.3 Å². The van der Waals surface area contributed by atoms with Crippen LogP contribution in [0.25, 0.3) is 10.9 Å². The molecule has 1 heterocycles. The summed E-state index contributed by atoms with van der Waals surface area (Å²) in [6.07, 6.45) is 0. The van der Waals surface area contributed by atoms with E-state index in [1.165, 1.54) is 7.11 Å². The molecule has 0 bridgehead atoms. The van der Waals surface area contributed by atoms with Crippen molar-refractivity contribution in [1.29, 1.82) is 0 Å². The van der Waals surface area contributed by atoms with Crippen LogP contribution >= 0.6 is 34.2 Å². The van der Waals surface area contributed by atoms with E-state index < -0.39 is 5.56 Å². The van der Waals surface area contributed by atoms with Crippen molar-refractivity contribution in [3.8, 4) is 23.0 Å². The Kier molecular flexibility index (Phi) is 4.36. The number of rotatable bonds is 3. The molecule has 0 saturated carbocycles. The van der Waals surface area contributed by atoms with Gasteiger partial charge >= 0.3 is 0 Å². The van der Waals surface area contributed by atoms with Crippen LogP contribution in [0, 0.1) is 3.57 Å². The quantitative estimate of drug-likeness (QED) is 0.593. The highest BCUT2D eigenvalue weighted by atomic mass is 127. The maximum Gasteiger partial charge on any atom is 0.295 e. The first-order chi connectivity index (χ1) is 11.0. The standard InChI is InChI=1S/C16H11ClINO4/c1-22-12-4-2-3-5-13(12)23-15-14(20)8-6-10(18)9(17)7-11(8)19-16(15)21/h2-7H,1H3,(H2,19,20,21). The van der Waals surface area contributed by atoms with E-state index in [9.17, 15) is 9.90 Å². The van der Waals surface area contributed by atoms with Gasteiger partial charge in [0.05, 0.1) is 17.6 Å². The number of aromatic amines is 1. The van der Waals surface area contributed by atoms with Crippen molar-refractivity contribution in [2.75, 3.05) is 7.11 Å². The van der Waals surface area contributed by atoms with Crippen LogP contribution in [-0.4, -0.2) is 17.2 Å². The number of hydrogen-bond acceptors (Lipinski definition) is 4. The van der Waals surface area contributed by atoms with Crippen molar-refractivity contribution >= 4 is 45.1 Å². The lowest BCUT2D eigenvalue weighted by Gasteiger charge is -2.12. The van der Waals surface area contributed by atoms with Crippen molar-refractivity contribution in [2.45, 2.75) is 0 Å². The molecular weight excluding hydrogens is 433 g/mol. The first-order valence-electron chi connectivity index (χ1n) is 6.56. The predicted octanol–water partition coefficient (Wildman–Crippen LogP) is 4.29. The molecule has 0 radical (unpaired) electrons. The Labute approximate surface area is 150 Å². The van der Waals surface area contributed by atoms with E-state index in [0.29, 0.717) is 27.4 Å². The third-order valence-corrected chi connectivity index (χ3v) is 4.79. The Balaban J connectivity index is 2.18. The van der Waals surface area contributed by atoms with Gasteiger partial charge in [0.25, 0.3) is 5.56 Å². The first kappa shape index (κ1) is 15.9. The third-order valence-electron chi connectivity index (χ3n) is 3.27. The number of benzene rings is 2. The minimum absolute atomic E-state index is 0.194. The summed E-state index contributed by atoms with van der Waals surface area (Å²) in [5.41, 5.74) is -0.122. The topological polar surface area (TPSA) is 71.5 Å². The zero-order valence-electron chi connectivity index (χ0n) is 11.9. The number of hydrogen-bond donors (Lipinski definition) is 2. The lowest BCUT2D eigenvalue weighted by molar-refractivity contribution is 0.365. The molecule has 0 saturated heterocycles. The summed E-state index contributed by atoms with van der Waals surface area (Å²) in [5, 5.41) is 11.4. The summed E-state index contributed by atoms with van der Waals surface area (Å²) in [4.78, 5) is 14.9. The van der Waals surface area contributed by atoms with Gasteiger partial charge < -0.3 is 19.6 Å². The van der Waals surface area contributed by atoms with Crippen LogP contribution in [-0.2, 0) is 0 Å². The highest BCUT2D eigenvalue weighted by Gasteiger charge is 2.17. The Morgan fingerprint density at radius 1 is 1.22 bits per heavy atom. The van der Waals surface area contributed by atoms with E-state index >= 15 is 0 Å². The number of methoxy groups -OCH3 is 1. The Bertz CT molecular complexity index is 955. The molecule has 1 aromatic heterocycles. The largest absolute Gasteiger partial charge is 0.504 e. The third kappa shape index (κ3) is 2.96. The second-order valence-corrected chi connectivity index (χ2v) is 6.27. The fourth-order valence-corrected chi connectivity index (χ4v) is 2.79. The molecule has 0 aliphatic rings. The van der Waals surface area contributed by atoms with E-state index in [0.717, 1.165) is 3.57 Å². The van der Waals surface area contributed by atoms with E-state index in [4.69, 9.17) is 21.1 Å². The number of H-pyrrole nitrogens is 1. The van der Waals surface area contributed by atoms with Gasteiger partial charge in [0, 0.05) is 8.96 Å². The summed E-state index contributed by atoms with van der Waals surface area (Å²) >= 11 is 8.09. The van der Waals surface area contributed by atoms with Crippen molar-refractivity contribution in [3.63, 3.8) is 0 Å². The van der Waals surface area contributed by atoms with Gasteiger partial charge in [-0.15, -0.1) is 0 Å². The molecule has 5 nitrogen and oxygen atoms in total. The van der Waals surface area contributed by atoms with E-state index in [-0.39, 0.29) is 11.5 Å². The minimum atomic E-state index is -0.557. The highest BCUT2D eigenvalue weighted by molar-refractivity contribution is 14.1. The van der Waals surface area contributed by atoms with Crippen molar-refractivity contribution in [2.24, 2.45) is 0 Å². The number of aromatic hydroxyl groups is 1. The molecule has 3 aromatic rings. The molecule has 0 unspecified atom stereocenters. The SMILES string of the molecule is COc1ccccc1Oc1c(O)c2cc(I)c(Cl)cc2[nH]c1=O. The number of pyridine rings is 1. The zero-order valence-corrected chi connectivity index (χ0v) is 14.8. The van der Waals surface area contributed by atoms with E-state index in [2.05, 4.69) is 4.98 Å². The molecule has 2 aromatic carbocycles. The average molecular weight is 444 g/mol. The summed E-state index contributed by atoms with van der Waals surface area (Å²) < 4.78 is 11.5. The monoisotopic (exact) mass is 443 g/mol. The van der Waals surface area contributed by atoms with Crippen LogP contribution in [0.2, 0.25) is 5.02 Å². The fourth-order valence-electron chi connectivity index (χ4n) is 2.16. The molecule has 0 spiro atoms. The number of fused-ring (bicyclic) bond motifs is 1.